The van der Waals surface area contributed by atoms with E-state index in [1.807, 2.05) is 0 Å². The van der Waals surface area contributed by atoms with Gasteiger partial charge in [0.05, 0.1) is 6.61 Å². The molecule has 0 aromatic rings. The van der Waals surface area contributed by atoms with Gasteiger partial charge < -0.3 is 18.9 Å². The lowest BCUT2D eigenvalue weighted by molar-refractivity contribution is -0.148. The van der Waals surface area contributed by atoms with E-state index in [-0.39, 0.29) is 19.2 Å². The summed E-state index contributed by atoms with van der Waals surface area (Å²) in [6.45, 7) is 2.37. The second kappa shape index (κ2) is 15.6. The van der Waals surface area contributed by atoms with Gasteiger partial charge in [0.25, 0.3) is 0 Å². The molecule has 5 nitrogen and oxygen atoms in total. The molecule has 8 heteroatoms. The van der Waals surface area contributed by atoms with Gasteiger partial charge in [-0.1, -0.05) is 70.5 Å². The third kappa shape index (κ3) is 17.2. The van der Waals surface area contributed by atoms with Gasteiger partial charge in [-0.3, -0.25) is 4.79 Å². The number of esters is 1. The van der Waals surface area contributed by atoms with Crippen molar-refractivity contribution in [2.24, 2.45) is 0 Å². The second-order valence-electron chi connectivity index (χ2n) is 5.91. The van der Waals surface area contributed by atoms with E-state index < -0.39 is 11.8 Å². The number of methoxy groups -OCH3 is 1. The molecule has 0 spiro atoms. The zero-order valence-electron chi connectivity index (χ0n) is 14.9. The lowest BCUT2D eigenvalue weighted by Gasteiger charge is -2.17. The van der Waals surface area contributed by atoms with E-state index in [1.54, 1.807) is 0 Å². The molecule has 24 heavy (non-hydrogen) atoms. The molecular weight excluding hydrogens is 367 g/mol. The Balaban J connectivity index is 3.55. The predicted octanol–water partition coefficient (Wildman–Crippen LogP) is 4.63. The second-order valence-corrected chi connectivity index (χ2v) is 11.1. The Bertz CT molecular complexity index is 362. The van der Waals surface area contributed by atoms with Crippen molar-refractivity contribution in [2.45, 2.75) is 77.2 Å². The van der Waals surface area contributed by atoms with E-state index in [0.717, 1.165) is 12.8 Å². The smallest absolute Gasteiger partial charge is 0.305 e. The minimum absolute atomic E-state index is 0.0547. The average molecular weight is 401 g/mol. The van der Waals surface area contributed by atoms with Gasteiger partial charge in [-0.15, -0.1) is 0 Å². The topological polar surface area (TPSA) is 65.0 Å². The Kier molecular flexibility index (Phi) is 15.8. The normalized spacial score (nSPS) is 15.0. The Hall–Kier alpha value is 0.350. The Morgan fingerprint density at radius 2 is 1.62 bits per heavy atom. The Morgan fingerprint density at radius 3 is 2.12 bits per heavy atom. The van der Waals surface area contributed by atoms with Crippen LogP contribution >= 0.6 is 17.9 Å². The summed E-state index contributed by atoms with van der Waals surface area (Å²) < 4.78 is 15.3. The van der Waals surface area contributed by atoms with E-state index in [2.05, 4.69) is 31.0 Å². The van der Waals surface area contributed by atoms with E-state index in [4.69, 9.17) is 14.0 Å². The summed E-state index contributed by atoms with van der Waals surface area (Å²) in [7, 11) is 1.49. The van der Waals surface area contributed by atoms with Crippen LogP contribution in [0.4, 0.5) is 0 Å². The lowest BCUT2D eigenvalue weighted by Crippen LogP contribution is -2.25. The number of unbranched alkanes of at least 4 members (excludes halogenated alkanes) is 8. The molecule has 0 rings (SSSR count). The van der Waals surface area contributed by atoms with Crippen molar-refractivity contribution < 1.29 is 23.7 Å². The van der Waals surface area contributed by atoms with Gasteiger partial charge in [0, 0.05) is 13.5 Å². The molecule has 2 unspecified atom stereocenters. The number of carbonyl (C=O) groups is 1. The molecule has 0 aliphatic heterocycles. The third-order valence-electron chi connectivity index (χ3n) is 3.68. The van der Waals surface area contributed by atoms with E-state index in [0.29, 0.717) is 6.42 Å². The van der Waals surface area contributed by atoms with Crippen LogP contribution in [0.25, 0.3) is 0 Å². The van der Waals surface area contributed by atoms with Crippen LogP contribution in [-0.4, -0.2) is 37.3 Å². The average Bonchev–Trinajstić information content (AvgIpc) is 2.52. The summed E-state index contributed by atoms with van der Waals surface area (Å²) in [5, 5.41) is 0. The number of thiol groups is 1. The van der Waals surface area contributed by atoms with E-state index >= 15 is 0 Å². The SMILES string of the molecule is CCCCCCCCCCCC(=O)OCC(COP(O)(=S)S)OC. The quantitative estimate of drug-likeness (QED) is 0.170. The van der Waals surface area contributed by atoms with Crippen LogP contribution in [0.3, 0.4) is 0 Å². The van der Waals surface area contributed by atoms with Crippen molar-refractivity contribution in [3.8, 4) is 0 Å². The predicted molar refractivity (Wildman–Crippen MR) is 105 cm³/mol. The van der Waals surface area contributed by atoms with Gasteiger partial charge in [0.15, 0.2) is 0 Å². The van der Waals surface area contributed by atoms with Crippen LogP contribution in [0.15, 0.2) is 0 Å². The van der Waals surface area contributed by atoms with Crippen molar-refractivity contribution in [1.29, 1.82) is 0 Å². The standard InChI is InChI=1S/C16H33O5PS2/c1-3-4-5-6-7-8-9-10-11-12-16(17)20-13-15(19-2)14-21-22(18,23)24/h15H,3-14H2,1-2H3,(H2,18,23,24). The van der Waals surface area contributed by atoms with Crippen LogP contribution in [0, 0.1) is 0 Å². The minimum atomic E-state index is -3.01. The molecule has 0 heterocycles. The first-order valence-corrected chi connectivity index (χ1v) is 12.6. The van der Waals surface area contributed by atoms with Crippen LogP contribution < -0.4 is 0 Å². The molecular formula is C16H33O5PS2. The molecule has 0 bridgehead atoms. The molecule has 0 amide bonds. The molecule has 0 saturated heterocycles. The number of hydrogen-bond donors (Lipinski definition) is 2. The molecule has 144 valence electrons. The molecule has 0 aliphatic rings. The number of carbonyl (C=O) groups excluding carboxylic acids is 1. The maximum Gasteiger partial charge on any atom is 0.305 e. The molecule has 0 aromatic heterocycles. The highest BCUT2D eigenvalue weighted by molar-refractivity contribution is 8.59. The lowest BCUT2D eigenvalue weighted by atomic mass is 10.1. The summed E-state index contributed by atoms with van der Waals surface area (Å²) in [5.74, 6) is -0.227. The third-order valence-corrected chi connectivity index (χ3v) is 4.82. The molecule has 0 fully saturated rings. The van der Waals surface area contributed by atoms with Crippen molar-refractivity contribution in [3.63, 3.8) is 0 Å². The number of hydrogen-bond acceptors (Lipinski definition) is 5. The minimum Gasteiger partial charge on any atom is -0.463 e. The van der Waals surface area contributed by atoms with E-state index in [9.17, 15) is 9.69 Å². The monoisotopic (exact) mass is 400 g/mol. The fourth-order valence-electron chi connectivity index (χ4n) is 2.20. The molecule has 0 radical (unpaired) electrons. The zero-order valence-corrected chi connectivity index (χ0v) is 17.6. The highest BCUT2D eigenvalue weighted by Crippen LogP contribution is 2.47. The summed E-state index contributed by atoms with van der Waals surface area (Å²) >= 11 is 8.42. The number of ether oxygens (including phenoxy) is 2. The van der Waals surface area contributed by atoms with Gasteiger partial charge >= 0.3 is 5.97 Å². The fraction of sp³-hybridized carbons (Fsp3) is 0.938. The largest absolute Gasteiger partial charge is 0.463 e. The molecule has 0 saturated carbocycles. The van der Waals surface area contributed by atoms with Crippen LogP contribution in [-0.2, 0) is 30.6 Å². The first kappa shape index (κ1) is 24.4. The van der Waals surface area contributed by atoms with Crippen LogP contribution in [0.1, 0.15) is 71.1 Å². The van der Waals surface area contributed by atoms with Crippen molar-refractivity contribution >= 4 is 35.7 Å². The van der Waals surface area contributed by atoms with Crippen molar-refractivity contribution in [2.75, 3.05) is 20.3 Å². The highest BCUT2D eigenvalue weighted by Gasteiger charge is 2.15. The summed E-state index contributed by atoms with van der Waals surface area (Å²) in [5.41, 5.74) is -3.01. The summed E-state index contributed by atoms with van der Waals surface area (Å²) in [6.07, 6.45) is 10.9. The van der Waals surface area contributed by atoms with Gasteiger partial charge in [-0.25, -0.2) is 0 Å². The summed E-state index contributed by atoms with van der Waals surface area (Å²) in [6, 6.07) is 0. The number of rotatable bonds is 16. The molecule has 0 aromatic carbocycles. The van der Waals surface area contributed by atoms with Crippen molar-refractivity contribution in [3.05, 3.63) is 0 Å². The van der Waals surface area contributed by atoms with Gasteiger partial charge in [0.2, 0.25) is 5.69 Å². The maximum atomic E-state index is 11.7. The van der Waals surface area contributed by atoms with Crippen molar-refractivity contribution in [1.82, 2.24) is 0 Å². The molecule has 2 atom stereocenters. The fourth-order valence-corrected chi connectivity index (χ4v) is 2.95. The maximum absolute atomic E-state index is 11.7. The molecule has 1 N–H and O–H groups in total. The van der Waals surface area contributed by atoms with Gasteiger partial charge in [-0.2, -0.15) is 0 Å². The Morgan fingerprint density at radius 1 is 1.08 bits per heavy atom. The van der Waals surface area contributed by atoms with E-state index in [1.165, 1.54) is 52.1 Å². The van der Waals surface area contributed by atoms with Gasteiger partial charge in [-0.05, 0) is 18.2 Å². The van der Waals surface area contributed by atoms with Crippen LogP contribution in [0.5, 0.6) is 0 Å². The molecule has 0 aliphatic carbocycles. The Labute approximate surface area is 157 Å². The first-order valence-electron chi connectivity index (χ1n) is 8.77. The first-order chi connectivity index (χ1) is 11.4. The highest BCUT2D eigenvalue weighted by atomic mass is 32.9. The summed E-state index contributed by atoms with van der Waals surface area (Å²) in [4.78, 5) is 21.0. The van der Waals surface area contributed by atoms with Gasteiger partial charge in [0.1, 0.15) is 12.7 Å². The van der Waals surface area contributed by atoms with Crippen LogP contribution in [0.2, 0.25) is 0 Å². The zero-order chi connectivity index (χ0) is 18.3.